The zero-order valence-corrected chi connectivity index (χ0v) is 15.5. The maximum absolute atomic E-state index is 13.4. The summed E-state index contributed by atoms with van der Waals surface area (Å²) in [6, 6.07) is 0. The van der Waals surface area contributed by atoms with Gasteiger partial charge in [0.05, 0.1) is 12.7 Å². The van der Waals surface area contributed by atoms with Crippen molar-refractivity contribution in [2.75, 3.05) is 6.61 Å². The van der Waals surface area contributed by atoms with Gasteiger partial charge in [0.1, 0.15) is 0 Å². The molecule has 25 heavy (non-hydrogen) atoms. The molecular formula is C21H33F3O. The molecule has 2 aliphatic carbocycles. The highest BCUT2D eigenvalue weighted by Gasteiger charge is 2.33. The van der Waals surface area contributed by atoms with Crippen LogP contribution >= 0.6 is 0 Å². The van der Waals surface area contributed by atoms with Crippen molar-refractivity contribution in [3.63, 3.8) is 0 Å². The Morgan fingerprint density at radius 2 is 1.48 bits per heavy atom. The van der Waals surface area contributed by atoms with E-state index in [-0.39, 0.29) is 0 Å². The fourth-order valence-corrected chi connectivity index (χ4v) is 4.42. The maximum Gasteiger partial charge on any atom is 0.301 e. The third-order valence-electron chi connectivity index (χ3n) is 6.02. The van der Waals surface area contributed by atoms with E-state index in [1.807, 2.05) is 0 Å². The highest BCUT2D eigenvalue weighted by atomic mass is 19.3. The molecule has 0 spiro atoms. The van der Waals surface area contributed by atoms with Crippen molar-refractivity contribution in [2.45, 2.75) is 83.7 Å². The van der Waals surface area contributed by atoms with Gasteiger partial charge in [0.15, 0.2) is 5.83 Å². The van der Waals surface area contributed by atoms with Crippen LogP contribution in [0, 0.1) is 17.8 Å². The number of allylic oxidation sites excluding steroid dienone is 2. The molecular weight excluding hydrogens is 325 g/mol. The Morgan fingerprint density at radius 1 is 0.880 bits per heavy atom. The SMILES string of the molecule is CCCC/C=C/COC1CCC(C2CCC(C(F)=C(F)F)CC2)CC1. The summed E-state index contributed by atoms with van der Waals surface area (Å²) in [6.07, 6.45) is 13.6. The van der Waals surface area contributed by atoms with Crippen molar-refractivity contribution in [1.29, 1.82) is 0 Å². The lowest BCUT2D eigenvalue weighted by molar-refractivity contribution is 0.0212. The molecule has 0 saturated heterocycles. The largest absolute Gasteiger partial charge is 0.374 e. The predicted molar refractivity (Wildman–Crippen MR) is 96.2 cm³/mol. The standard InChI is InChI=1S/C21H33F3O/c1-2-3-4-5-6-15-25-19-13-11-17(12-14-19)16-7-9-18(10-8-16)20(22)21(23)24/h5-6,16-19H,2-4,7-15H2,1H3/b6-5+. The summed E-state index contributed by atoms with van der Waals surface area (Å²) >= 11 is 0. The average molecular weight is 358 g/mol. The molecule has 144 valence electrons. The number of halogens is 3. The van der Waals surface area contributed by atoms with Crippen molar-refractivity contribution < 1.29 is 17.9 Å². The third kappa shape index (κ3) is 6.80. The molecule has 0 radical (unpaired) electrons. The van der Waals surface area contributed by atoms with Gasteiger partial charge in [-0.25, -0.2) is 4.39 Å². The minimum absolute atomic E-state index is 0.365. The summed E-state index contributed by atoms with van der Waals surface area (Å²) in [6.45, 7) is 2.91. The van der Waals surface area contributed by atoms with E-state index in [1.165, 1.54) is 12.8 Å². The lowest BCUT2D eigenvalue weighted by atomic mass is 9.70. The van der Waals surface area contributed by atoms with Crippen molar-refractivity contribution >= 4 is 0 Å². The topological polar surface area (TPSA) is 9.23 Å². The number of ether oxygens (including phenoxy) is 1. The van der Waals surface area contributed by atoms with Gasteiger partial charge in [0.25, 0.3) is 0 Å². The summed E-state index contributed by atoms with van der Waals surface area (Å²) in [4.78, 5) is 0. The second-order valence-electron chi connectivity index (χ2n) is 7.70. The molecule has 0 heterocycles. The molecule has 2 fully saturated rings. The molecule has 0 atom stereocenters. The minimum atomic E-state index is -2.12. The van der Waals surface area contributed by atoms with Gasteiger partial charge in [-0.1, -0.05) is 31.9 Å². The summed E-state index contributed by atoms with van der Waals surface area (Å²) in [7, 11) is 0. The van der Waals surface area contributed by atoms with E-state index in [2.05, 4.69) is 19.1 Å². The summed E-state index contributed by atoms with van der Waals surface area (Å²) in [5.74, 6) is -0.451. The van der Waals surface area contributed by atoms with Gasteiger partial charge in [-0.3, -0.25) is 0 Å². The second-order valence-corrected chi connectivity index (χ2v) is 7.70. The Hall–Kier alpha value is -0.770. The monoisotopic (exact) mass is 358 g/mol. The molecule has 2 rings (SSSR count). The van der Waals surface area contributed by atoms with Crippen LogP contribution in [0.1, 0.15) is 77.6 Å². The van der Waals surface area contributed by atoms with Gasteiger partial charge in [-0.2, -0.15) is 8.78 Å². The smallest absolute Gasteiger partial charge is 0.301 e. The van der Waals surface area contributed by atoms with Gasteiger partial charge < -0.3 is 4.74 Å². The Kier molecular flexibility index (Phi) is 9.08. The van der Waals surface area contributed by atoms with E-state index in [1.54, 1.807) is 0 Å². The first kappa shape index (κ1) is 20.5. The van der Waals surface area contributed by atoms with E-state index < -0.39 is 17.8 Å². The molecule has 0 unspecified atom stereocenters. The predicted octanol–water partition coefficient (Wildman–Crippen LogP) is 7.19. The van der Waals surface area contributed by atoms with Crippen LogP contribution in [0.15, 0.2) is 24.1 Å². The summed E-state index contributed by atoms with van der Waals surface area (Å²) < 4.78 is 44.1. The fraction of sp³-hybridized carbons (Fsp3) is 0.810. The third-order valence-corrected chi connectivity index (χ3v) is 6.02. The molecule has 2 aliphatic rings. The van der Waals surface area contributed by atoms with Crippen LogP contribution in [0.5, 0.6) is 0 Å². The van der Waals surface area contributed by atoms with E-state index in [0.717, 1.165) is 44.9 Å². The number of hydrogen-bond acceptors (Lipinski definition) is 1. The molecule has 0 amide bonds. The van der Waals surface area contributed by atoms with Gasteiger partial charge >= 0.3 is 6.08 Å². The van der Waals surface area contributed by atoms with Gasteiger partial charge in [0.2, 0.25) is 0 Å². The van der Waals surface area contributed by atoms with Crippen molar-refractivity contribution in [2.24, 2.45) is 17.8 Å². The number of rotatable bonds is 8. The van der Waals surface area contributed by atoms with Crippen LogP contribution in [-0.4, -0.2) is 12.7 Å². The Bertz CT molecular complexity index is 426. The number of hydrogen-bond donors (Lipinski definition) is 0. The fourth-order valence-electron chi connectivity index (χ4n) is 4.42. The van der Waals surface area contributed by atoms with E-state index >= 15 is 0 Å². The Morgan fingerprint density at radius 3 is 2.04 bits per heavy atom. The van der Waals surface area contributed by atoms with Crippen molar-refractivity contribution in [3.05, 3.63) is 24.1 Å². The van der Waals surface area contributed by atoms with E-state index in [9.17, 15) is 13.2 Å². The summed E-state index contributed by atoms with van der Waals surface area (Å²) in [5, 5.41) is 0. The van der Waals surface area contributed by atoms with Crippen LogP contribution < -0.4 is 0 Å². The van der Waals surface area contributed by atoms with Crippen LogP contribution in [0.4, 0.5) is 13.2 Å². The quantitative estimate of drug-likeness (QED) is 0.329. The molecule has 0 aromatic heterocycles. The first-order chi connectivity index (χ1) is 12.1. The lowest BCUT2D eigenvalue weighted by Gasteiger charge is -2.37. The molecule has 0 aliphatic heterocycles. The first-order valence-electron chi connectivity index (χ1n) is 10.1. The molecule has 4 heteroatoms. The molecule has 0 N–H and O–H groups in total. The molecule has 1 nitrogen and oxygen atoms in total. The van der Waals surface area contributed by atoms with Crippen LogP contribution in [0.2, 0.25) is 0 Å². The highest BCUT2D eigenvalue weighted by molar-refractivity contribution is 5.00. The van der Waals surface area contributed by atoms with Crippen LogP contribution in [0.3, 0.4) is 0 Å². The number of unbranched alkanes of at least 4 members (excludes halogenated alkanes) is 2. The summed E-state index contributed by atoms with van der Waals surface area (Å²) in [5.41, 5.74) is 0. The van der Waals surface area contributed by atoms with Gasteiger partial charge in [-0.15, -0.1) is 0 Å². The Labute approximate surface area is 150 Å². The van der Waals surface area contributed by atoms with E-state index in [4.69, 9.17) is 4.74 Å². The zero-order chi connectivity index (χ0) is 18.1. The lowest BCUT2D eigenvalue weighted by Crippen LogP contribution is -2.28. The minimum Gasteiger partial charge on any atom is -0.374 e. The van der Waals surface area contributed by atoms with Crippen molar-refractivity contribution in [1.82, 2.24) is 0 Å². The average Bonchev–Trinajstić information content (AvgIpc) is 2.64. The highest BCUT2D eigenvalue weighted by Crippen LogP contribution is 2.42. The van der Waals surface area contributed by atoms with Crippen LogP contribution in [-0.2, 0) is 4.74 Å². The molecule has 2 saturated carbocycles. The van der Waals surface area contributed by atoms with Crippen molar-refractivity contribution in [3.8, 4) is 0 Å². The van der Waals surface area contributed by atoms with Gasteiger partial charge in [0, 0.05) is 5.92 Å². The van der Waals surface area contributed by atoms with Crippen LogP contribution in [0.25, 0.3) is 0 Å². The first-order valence-corrected chi connectivity index (χ1v) is 10.1. The Balaban J connectivity index is 1.63. The normalized spacial score (nSPS) is 30.6. The maximum atomic E-state index is 13.4. The molecule has 0 aromatic rings. The van der Waals surface area contributed by atoms with E-state index in [0.29, 0.717) is 37.4 Å². The zero-order valence-electron chi connectivity index (χ0n) is 15.5. The second kappa shape index (κ2) is 11.1. The van der Waals surface area contributed by atoms with Gasteiger partial charge in [-0.05, 0) is 69.6 Å². The molecule has 0 aromatic carbocycles. The molecule has 0 bridgehead atoms.